The maximum atomic E-state index is 11.0. The Hall–Kier alpha value is -1.40. The Bertz CT molecular complexity index is 442. The van der Waals surface area contributed by atoms with Gasteiger partial charge in [-0.05, 0) is 18.8 Å². The molecule has 1 aliphatic heterocycles. The molecular weight excluding hydrogens is 234 g/mol. The molecule has 2 N–H and O–H groups in total. The molecule has 1 atom stereocenters. The summed E-state index contributed by atoms with van der Waals surface area (Å²) in [6, 6.07) is 0. The molecule has 1 aromatic rings. The second-order valence-electron chi connectivity index (χ2n) is 5.06. The van der Waals surface area contributed by atoms with E-state index < -0.39 is 5.97 Å². The number of carboxylic acids is 1. The zero-order valence-electron chi connectivity index (χ0n) is 10.1. The molecule has 1 aromatic heterocycles. The summed E-state index contributed by atoms with van der Waals surface area (Å²) in [5, 5.41) is 15.4. The zero-order valence-corrected chi connectivity index (χ0v) is 10.1. The summed E-state index contributed by atoms with van der Waals surface area (Å²) in [7, 11) is 0. The van der Waals surface area contributed by atoms with E-state index >= 15 is 0 Å². The van der Waals surface area contributed by atoms with E-state index in [0.29, 0.717) is 12.6 Å². The number of H-pyrrole nitrogens is 1. The van der Waals surface area contributed by atoms with Gasteiger partial charge >= 0.3 is 5.97 Å². The normalized spacial score (nSPS) is 25.2. The number of carbonyl (C=O) groups is 1. The van der Waals surface area contributed by atoms with Gasteiger partial charge in [-0.3, -0.25) is 10.00 Å². The number of aromatic nitrogens is 2. The first-order valence-electron chi connectivity index (χ1n) is 6.33. The highest BCUT2D eigenvalue weighted by Crippen LogP contribution is 2.35. The van der Waals surface area contributed by atoms with E-state index in [2.05, 4.69) is 15.1 Å². The second kappa shape index (κ2) is 4.70. The molecule has 0 aromatic carbocycles. The maximum Gasteiger partial charge on any atom is 0.354 e. The summed E-state index contributed by atoms with van der Waals surface area (Å²) in [5.74, 6) is -0.231. The lowest BCUT2D eigenvalue weighted by molar-refractivity contribution is -0.0419. The highest BCUT2D eigenvalue weighted by atomic mass is 16.5. The van der Waals surface area contributed by atoms with Crippen LogP contribution in [0.2, 0.25) is 0 Å². The molecule has 18 heavy (non-hydrogen) atoms. The number of aromatic amines is 1. The van der Waals surface area contributed by atoms with Crippen molar-refractivity contribution in [2.24, 2.45) is 5.92 Å². The minimum atomic E-state index is -0.950. The van der Waals surface area contributed by atoms with Crippen molar-refractivity contribution < 1.29 is 14.6 Å². The summed E-state index contributed by atoms with van der Waals surface area (Å²) in [5.41, 5.74) is 0.948. The molecule has 1 saturated heterocycles. The van der Waals surface area contributed by atoms with Gasteiger partial charge in [-0.25, -0.2) is 4.79 Å². The van der Waals surface area contributed by atoms with E-state index in [-0.39, 0.29) is 5.69 Å². The van der Waals surface area contributed by atoms with E-state index in [1.54, 1.807) is 6.20 Å². The molecule has 2 heterocycles. The zero-order chi connectivity index (χ0) is 12.5. The third-order valence-electron chi connectivity index (χ3n) is 3.65. The van der Waals surface area contributed by atoms with Crippen molar-refractivity contribution in [1.29, 1.82) is 0 Å². The number of morpholine rings is 1. The van der Waals surface area contributed by atoms with Crippen LogP contribution in [0.3, 0.4) is 0 Å². The molecule has 1 saturated carbocycles. The predicted octanol–water partition coefficient (Wildman–Crippen LogP) is 0.719. The predicted molar refractivity (Wildman–Crippen MR) is 63.3 cm³/mol. The molecule has 0 amide bonds. The Morgan fingerprint density at radius 1 is 1.61 bits per heavy atom. The highest BCUT2D eigenvalue weighted by Gasteiger charge is 2.35. The Labute approximate surface area is 105 Å². The Morgan fingerprint density at radius 3 is 3.17 bits per heavy atom. The van der Waals surface area contributed by atoms with Gasteiger partial charge in [0.15, 0.2) is 0 Å². The van der Waals surface area contributed by atoms with E-state index in [0.717, 1.165) is 31.2 Å². The summed E-state index contributed by atoms with van der Waals surface area (Å²) in [6.07, 6.45) is 4.47. The van der Waals surface area contributed by atoms with Gasteiger partial charge < -0.3 is 9.84 Å². The molecule has 6 nitrogen and oxygen atoms in total. The molecule has 1 aliphatic carbocycles. The molecule has 0 radical (unpaired) electrons. The fourth-order valence-corrected chi connectivity index (χ4v) is 2.49. The molecule has 2 aliphatic rings. The molecule has 0 spiro atoms. The Balaban J connectivity index is 1.64. The van der Waals surface area contributed by atoms with E-state index in [1.807, 2.05) is 0 Å². The van der Waals surface area contributed by atoms with Gasteiger partial charge in [0, 0.05) is 25.2 Å². The van der Waals surface area contributed by atoms with Crippen LogP contribution in [0.25, 0.3) is 0 Å². The lowest BCUT2D eigenvalue weighted by atomic mass is 10.1. The summed E-state index contributed by atoms with van der Waals surface area (Å²) in [6.45, 7) is 3.12. The smallest absolute Gasteiger partial charge is 0.354 e. The van der Waals surface area contributed by atoms with E-state index in [9.17, 15) is 4.79 Å². The van der Waals surface area contributed by atoms with Crippen LogP contribution in [0.5, 0.6) is 0 Å². The van der Waals surface area contributed by atoms with Crippen molar-refractivity contribution >= 4 is 5.97 Å². The van der Waals surface area contributed by atoms with Gasteiger partial charge in [-0.2, -0.15) is 5.10 Å². The third kappa shape index (κ3) is 2.39. The quantitative estimate of drug-likeness (QED) is 0.824. The van der Waals surface area contributed by atoms with Crippen LogP contribution in [0.4, 0.5) is 0 Å². The molecule has 98 valence electrons. The minimum absolute atomic E-state index is 0.199. The van der Waals surface area contributed by atoms with Gasteiger partial charge in [0.25, 0.3) is 0 Å². The lowest BCUT2D eigenvalue weighted by Crippen LogP contribution is -2.43. The molecule has 0 bridgehead atoms. The first-order valence-corrected chi connectivity index (χ1v) is 6.33. The first-order chi connectivity index (χ1) is 8.74. The first kappa shape index (κ1) is 11.7. The van der Waals surface area contributed by atoms with Crippen LogP contribution < -0.4 is 0 Å². The number of carboxylic acid groups (broad SMARTS) is 1. The monoisotopic (exact) mass is 251 g/mol. The third-order valence-corrected chi connectivity index (χ3v) is 3.65. The number of aromatic carboxylic acids is 1. The van der Waals surface area contributed by atoms with Crippen LogP contribution >= 0.6 is 0 Å². The van der Waals surface area contributed by atoms with E-state index in [1.165, 1.54) is 12.8 Å². The Morgan fingerprint density at radius 2 is 2.44 bits per heavy atom. The maximum absolute atomic E-state index is 11.0. The number of hydrogen-bond donors (Lipinski definition) is 2. The summed E-state index contributed by atoms with van der Waals surface area (Å²) >= 11 is 0. The number of nitrogens with zero attached hydrogens (tertiary/aromatic N) is 2. The Kier molecular flexibility index (Phi) is 3.05. The SMILES string of the molecule is O=C(O)c1[nH]ncc1CN1CCO[C@@H](C2CC2)C1. The molecule has 6 heteroatoms. The van der Waals surface area contributed by atoms with Crippen molar-refractivity contribution in [3.63, 3.8) is 0 Å². The van der Waals surface area contributed by atoms with Crippen molar-refractivity contribution in [2.75, 3.05) is 19.7 Å². The number of ether oxygens (including phenoxy) is 1. The van der Waals surface area contributed by atoms with Gasteiger partial charge in [0.2, 0.25) is 0 Å². The topological polar surface area (TPSA) is 78.4 Å². The van der Waals surface area contributed by atoms with Crippen LogP contribution in [-0.4, -0.2) is 52.0 Å². The second-order valence-corrected chi connectivity index (χ2v) is 5.06. The number of rotatable bonds is 4. The van der Waals surface area contributed by atoms with Gasteiger partial charge in [0.1, 0.15) is 5.69 Å². The van der Waals surface area contributed by atoms with Crippen molar-refractivity contribution in [2.45, 2.75) is 25.5 Å². The molecule has 0 unspecified atom stereocenters. The average molecular weight is 251 g/mol. The van der Waals surface area contributed by atoms with Crippen molar-refractivity contribution in [3.05, 3.63) is 17.5 Å². The minimum Gasteiger partial charge on any atom is -0.477 e. The summed E-state index contributed by atoms with van der Waals surface area (Å²) < 4.78 is 5.75. The highest BCUT2D eigenvalue weighted by molar-refractivity contribution is 5.86. The average Bonchev–Trinajstić information content (AvgIpc) is 3.10. The fraction of sp³-hybridized carbons (Fsp3) is 0.667. The van der Waals surface area contributed by atoms with Crippen LogP contribution in [0.1, 0.15) is 28.9 Å². The molecular formula is C12H17N3O3. The van der Waals surface area contributed by atoms with Crippen LogP contribution in [0, 0.1) is 5.92 Å². The molecule has 2 fully saturated rings. The van der Waals surface area contributed by atoms with Crippen molar-refractivity contribution in [3.8, 4) is 0 Å². The van der Waals surface area contributed by atoms with Crippen LogP contribution in [-0.2, 0) is 11.3 Å². The number of hydrogen-bond acceptors (Lipinski definition) is 4. The standard InChI is InChI=1S/C12H17N3O3/c16-12(17)11-9(5-13-14-11)6-15-3-4-18-10(7-15)8-1-2-8/h5,8,10H,1-4,6-7H2,(H,13,14)(H,16,17)/t10-/m1/s1. The van der Waals surface area contributed by atoms with Gasteiger partial charge in [0.05, 0.1) is 18.9 Å². The number of nitrogens with one attached hydrogen (secondary N) is 1. The largest absolute Gasteiger partial charge is 0.477 e. The van der Waals surface area contributed by atoms with Crippen molar-refractivity contribution in [1.82, 2.24) is 15.1 Å². The summed E-state index contributed by atoms with van der Waals surface area (Å²) in [4.78, 5) is 13.2. The lowest BCUT2D eigenvalue weighted by Gasteiger charge is -2.32. The fourth-order valence-electron chi connectivity index (χ4n) is 2.49. The van der Waals surface area contributed by atoms with E-state index in [4.69, 9.17) is 9.84 Å². The molecule has 3 rings (SSSR count). The van der Waals surface area contributed by atoms with Crippen LogP contribution in [0.15, 0.2) is 6.20 Å². The van der Waals surface area contributed by atoms with Gasteiger partial charge in [-0.1, -0.05) is 0 Å². The van der Waals surface area contributed by atoms with Gasteiger partial charge in [-0.15, -0.1) is 0 Å².